The number of rotatable bonds is 6. The van der Waals surface area contributed by atoms with Crippen LogP contribution in [0.15, 0.2) is 24.3 Å². The highest BCUT2D eigenvalue weighted by molar-refractivity contribution is 5.32. The smallest absolute Gasteiger partial charge is 0.119 e. The first-order chi connectivity index (χ1) is 10.2. The summed E-state index contributed by atoms with van der Waals surface area (Å²) < 4.78 is 10.9. The molecule has 4 nitrogen and oxygen atoms in total. The Bertz CT molecular complexity index is 446. The van der Waals surface area contributed by atoms with Crippen molar-refractivity contribution in [3.05, 3.63) is 29.8 Å². The van der Waals surface area contributed by atoms with Crippen molar-refractivity contribution in [3.8, 4) is 5.75 Å². The van der Waals surface area contributed by atoms with Gasteiger partial charge in [-0.3, -0.25) is 4.90 Å². The third-order valence-corrected chi connectivity index (χ3v) is 4.79. The van der Waals surface area contributed by atoms with Crippen LogP contribution < -0.4 is 10.1 Å². The number of methoxy groups -OCH3 is 1. The molecule has 1 saturated heterocycles. The van der Waals surface area contributed by atoms with Gasteiger partial charge in [-0.2, -0.15) is 0 Å². The van der Waals surface area contributed by atoms with Crippen molar-refractivity contribution >= 4 is 0 Å². The number of nitrogens with one attached hydrogen (secondary N) is 1. The molecule has 2 rings (SSSR count). The Morgan fingerprint density at radius 1 is 1.38 bits per heavy atom. The number of likely N-dealkylation sites (N-methyl/N-ethyl adjacent to an activating group) is 1. The van der Waals surface area contributed by atoms with Gasteiger partial charge in [0.25, 0.3) is 0 Å². The van der Waals surface area contributed by atoms with Crippen LogP contribution in [0, 0.1) is 0 Å². The third kappa shape index (κ3) is 3.39. The summed E-state index contributed by atoms with van der Waals surface area (Å²) in [5, 5.41) is 3.52. The second-order valence-corrected chi connectivity index (χ2v) is 5.81. The molecule has 1 aromatic carbocycles. The van der Waals surface area contributed by atoms with E-state index < -0.39 is 0 Å². The lowest BCUT2D eigenvalue weighted by molar-refractivity contribution is -0.0319. The maximum atomic E-state index is 5.51. The Morgan fingerprint density at radius 3 is 2.67 bits per heavy atom. The van der Waals surface area contributed by atoms with E-state index in [9.17, 15) is 0 Å². The lowest BCUT2D eigenvalue weighted by atomic mass is 9.82. The quantitative estimate of drug-likeness (QED) is 0.873. The highest BCUT2D eigenvalue weighted by Gasteiger charge is 2.39. The van der Waals surface area contributed by atoms with Gasteiger partial charge in [0.05, 0.1) is 26.4 Å². The number of nitrogens with zero attached hydrogens (tertiary/aromatic N) is 1. The number of ether oxygens (including phenoxy) is 2. The highest BCUT2D eigenvalue weighted by atomic mass is 16.5. The molecule has 21 heavy (non-hydrogen) atoms. The van der Waals surface area contributed by atoms with Crippen LogP contribution in [0.1, 0.15) is 31.9 Å². The molecule has 1 aromatic rings. The summed E-state index contributed by atoms with van der Waals surface area (Å²) in [6, 6.07) is 8.63. The van der Waals surface area contributed by atoms with Crippen LogP contribution in [0.4, 0.5) is 0 Å². The van der Waals surface area contributed by atoms with Crippen LogP contribution in [0.5, 0.6) is 5.75 Å². The van der Waals surface area contributed by atoms with Crippen molar-refractivity contribution in [1.82, 2.24) is 10.2 Å². The molecule has 1 aliphatic heterocycles. The lowest BCUT2D eigenvalue weighted by Crippen LogP contribution is -2.57. The number of benzene rings is 1. The monoisotopic (exact) mass is 292 g/mol. The number of hydrogen-bond acceptors (Lipinski definition) is 4. The zero-order valence-electron chi connectivity index (χ0n) is 13.7. The van der Waals surface area contributed by atoms with Gasteiger partial charge < -0.3 is 14.8 Å². The van der Waals surface area contributed by atoms with Gasteiger partial charge in [-0.25, -0.2) is 0 Å². The predicted octanol–water partition coefficient (Wildman–Crippen LogP) is 2.46. The summed E-state index contributed by atoms with van der Waals surface area (Å²) >= 11 is 0. The molecule has 0 amide bonds. The minimum atomic E-state index is 0.0604. The molecule has 1 fully saturated rings. The van der Waals surface area contributed by atoms with Crippen molar-refractivity contribution in [2.75, 3.05) is 40.5 Å². The minimum Gasteiger partial charge on any atom is -0.497 e. The van der Waals surface area contributed by atoms with Gasteiger partial charge in [-0.15, -0.1) is 0 Å². The molecule has 1 aliphatic rings. The van der Waals surface area contributed by atoms with E-state index in [0.29, 0.717) is 0 Å². The Hall–Kier alpha value is -1.10. The van der Waals surface area contributed by atoms with E-state index in [0.717, 1.165) is 38.5 Å². The van der Waals surface area contributed by atoms with Gasteiger partial charge in [-0.1, -0.05) is 19.1 Å². The van der Waals surface area contributed by atoms with Crippen molar-refractivity contribution < 1.29 is 9.47 Å². The van der Waals surface area contributed by atoms with Crippen LogP contribution >= 0.6 is 0 Å². The van der Waals surface area contributed by atoms with Crippen LogP contribution in [0.2, 0.25) is 0 Å². The summed E-state index contributed by atoms with van der Waals surface area (Å²) in [4.78, 5) is 2.55. The average molecular weight is 292 g/mol. The van der Waals surface area contributed by atoms with Gasteiger partial charge in [0.1, 0.15) is 5.75 Å². The van der Waals surface area contributed by atoms with Crippen molar-refractivity contribution in [2.45, 2.75) is 31.8 Å². The fourth-order valence-corrected chi connectivity index (χ4v) is 3.34. The van der Waals surface area contributed by atoms with Crippen LogP contribution in [0.3, 0.4) is 0 Å². The first-order valence-electron chi connectivity index (χ1n) is 7.79. The summed E-state index contributed by atoms with van der Waals surface area (Å²) in [7, 11) is 3.76. The van der Waals surface area contributed by atoms with Crippen molar-refractivity contribution in [1.29, 1.82) is 0 Å². The molecule has 0 spiro atoms. The van der Waals surface area contributed by atoms with E-state index in [2.05, 4.69) is 42.3 Å². The van der Waals surface area contributed by atoms with Gasteiger partial charge in [0.15, 0.2) is 0 Å². The summed E-state index contributed by atoms with van der Waals surface area (Å²) in [6.07, 6.45) is 1.08. The first kappa shape index (κ1) is 16.3. The van der Waals surface area contributed by atoms with E-state index in [1.165, 1.54) is 5.56 Å². The van der Waals surface area contributed by atoms with E-state index in [-0.39, 0.29) is 11.6 Å². The van der Waals surface area contributed by atoms with Crippen LogP contribution in [0.25, 0.3) is 0 Å². The molecule has 0 aliphatic carbocycles. The maximum absolute atomic E-state index is 5.51. The average Bonchev–Trinajstić information content (AvgIpc) is 2.56. The minimum absolute atomic E-state index is 0.0604. The highest BCUT2D eigenvalue weighted by Crippen LogP contribution is 2.35. The van der Waals surface area contributed by atoms with Gasteiger partial charge in [0, 0.05) is 18.6 Å². The van der Waals surface area contributed by atoms with Gasteiger partial charge in [-0.05, 0) is 38.1 Å². The Balaban J connectivity index is 2.31. The largest absolute Gasteiger partial charge is 0.497 e. The van der Waals surface area contributed by atoms with Crippen LogP contribution in [-0.2, 0) is 4.74 Å². The molecular weight excluding hydrogens is 264 g/mol. The zero-order valence-corrected chi connectivity index (χ0v) is 13.7. The van der Waals surface area contributed by atoms with Crippen molar-refractivity contribution in [3.63, 3.8) is 0 Å². The molecule has 0 radical (unpaired) electrons. The van der Waals surface area contributed by atoms with Gasteiger partial charge >= 0.3 is 0 Å². The molecule has 2 atom stereocenters. The Labute approximate surface area is 128 Å². The van der Waals surface area contributed by atoms with E-state index >= 15 is 0 Å². The topological polar surface area (TPSA) is 33.7 Å². The second kappa shape index (κ2) is 7.25. The van der Waals surface area contributed by atoms with Crippen molar-refractivity contribution in [2.24, 2.45) is 0 Å². The van der Waals surface area contributed by atoms with Gasteiger partial charge in [0.2, 0.25) is 0 Å². The molecule has 4 heteroatoms. The second-order valence-electron chi connectivity index (χ2n) is 5.81. The molecule has 2 unspecified atom stereocenters. The molecule has 0 aromatic heterocycles. The normalized spacial score (nSPS) is 20.8. The standard InChI is InChI=1S/C17H28N2O2/c1-5-17(2,19-9-11-21-12-10-19)16(18-3)14-7-6-8-15(13-14)20-4/h6-8,13,16,18H,5,9-12H2,1-4H3. The first-order valence-corrected chi connectivity index (χ1v) is 7.79. The fraction of sp³-hybridized carbons (Fsp3) is 0.647. The van der Waals surface area contributed by atoms with E-state index in [4.69, 9.17) is 9.47 Å². The van der Waals surface area contributed by atoms with Crippen LogP contribution in [-0.4, -0.2) is 50.9 Å². The van der Waals surface area contributed by atoms with E-state index in [1.54, 1.807) is 7.11 Å². The molecule has 118 valence electrons. The summed E-state index contributed by atoms with van der Waals surface area (Å²) in [6.45, 7) is 8.24. The molecular formula is C17H28N2O2. The molecule has 0 saturated carbocycles. The third-order valence-electron chi connectivity index (χ3n) is 4.79. The number of hydrogen-bond donors (Lipinski definition) is 1. The summed E-state index contributed by atoms with van der Waals surface area (Å²) in [5.41, 5.74) is 1.33. The number of morpholine rings is 1. The Morgan fingerprint density at radius 2 is 2.10 bits per heavy atom. The maximum Gasteiger partial charge on any atom is 0.119 e. The van der Waals surface area contributed by atoms with E-state index in [1.807, 2.05) is 13.1 Å². The predicted molar refractivity (Wildman–Crippen MR) is 85.9 cm³/mol. The lowest BCUT2D eigenvalue weighted by Gasteiger charge is -2.48. The fourth-order valence-electron chi connectivity index (χ4n) is 3.34. The SMILES string of the molecule is CCC(C)(C(NC)c1cccc(OC)c1)N1CCOCC1. The zero-order chi connectivity index (χ0) is 15.3. The molecule has 0 bridgehead atoms. The molecule has 1 N–H and O–H groups in total. The molecule has 1 heterocycles. The summed E-state index contributed by atoms with van der Waals surface area (Å²) in [5.74, 6) is 0.910. The Kier molecular flexibility index (Phi) is 5.62.